The van der Waals surface area contributed by atoms with Gasteiger partial charge in [0.25, 0.3) is 0 Å². The maximum Gasteiger partial charge on any atom is 0.320 e. The van der Waals surface area contributed by atoms with Crippen molar-refractivity contribution in [3.8, 4) is 0 Å². The Labute approximate surface area is 141 Å². The molecule has 128 valence electrons. The predicted octanol–water partition coefficient (Wildman–Crippen LogP) is 1.42. The molecule has 1 aliphatic rings. The van der Waals surface area contributed by atoms with E-state index in [4.69, 9.17) is 4.74 Å². The van der Waals surface area contributed by atoms with Crippen LogP contribution in [0, 0.1) is 0 Å². The first-order valence-corrected chi connectivity index (χ1v) is 8.38. The summed E-state index contributed by atoms with van der Waals surface area (Å²) in [5.41, 5.74) is 2.35. The van der Waals surface area contributed by atoms with Crippen LogP contribution in [0.25, 0.3) is 10.9 Å². The molecule has 3 rings (SSSR count). The second kappa shape index (κ2) is 7.49. The van der Waals surface area contributed by atoms with Crippen molar-refractivity contribution in [1.82, 2.24) is 14.8 Å². The van der Waals surface area contributed by atoms with Crippen molar-refractivity contribution in [3.05, 3.63) is 36.0 Å². The molecule has 2 heterocycles. The first-order chi connectivity index (χ1) is 11.7. The highest BCUT2D eigenvalue weighted by atomic mass is 16.5. The summed E-state index contributed by atoms with van der Waals surface area (Å²) < 4.78 is 4.94. The smallest absolute Gasteiger partial charge is 0.320 e. The number of para-hydroxylation sites is 1. The van der Waals surface area contributed by atoms with E-state index in [0.717, 1.165) is 11.9 Å². The molecule has 1 amide bonds. The van der Waals surface area contributed by atoms with Crippen LogP contribution in [0.15, 0.2) is 30.5 Å². The maximum atomic E-state index is 12.3. The third kappa shape index (κ3) is 3.76. The largest absolute Gasteiger partial charge is 0.465 e. The molecule has 0 spiro atoms. The molecule has 0 radical (unpaired) electrons. The third-order valence-corrected chi connectivity index (χ3v) is 4.38. The Morgan fingerprint density at radius 2 is 2.12 bits per heavy atom. The van der Waals surface area contributed by atoms with Crippen LogP contribution >= 0.6 is 0 Å². The standard InChI is InChI=1S/C18H23N3O3/c1-2-24-18(23)13-20-9-10-21(17(22)12-20)8-7-14-11-19-16-6-4-3-5-15(14)16/h3-6,11,19H,2,7-10,12-13H2,1H3. The van der Waals surface area contributed by atoms with Crippen molar-refractivity contribution in [2.45, 2.75) is 13.3 Å². The Kier molecular flexibility index (Phi) is 5.15. The third-order valence-electron chi connectivity index (χ3n) is 4.38. The number of carbonyl (C=O) groups excluding carboxylic acids is 2. The molecule has 24 heavy (non-hydrogen) atoms. The summed E-state index contributed by atoms with van der Waals surface area (Å²) in [6.45, 7) is 4.69. The fourth-order valence-corrected chi connectivity index (χ4v) is 3.11. The van der Waals surface area contributed by atoms with E-state index in [1.54, 1.807) is 6.92 Å². The molecule has 6 nitrogen and oxygen atoms in total. The average Bonchev–Trinajstić information content (AvgIpc) is 2.98. The highest BCUT2D eigenvalue weighted by Crippen LogP contribution is 2.18. The molecular formula is C18H23N3O3. The van der Waals surface area contributed by atoms with E-state index >= 15 is 0 Å². The number of piperazine rings is 1. The number of carbonyl (C=O) groups is 2. The zero-order valence-corrected chi connectivity index (χ0v) is 14.0. The maximum absolute atomic E-state index is 12.3. The minimum absolute atomic E-state index is 0.0744. The Balaban J connectivity index is 1.52. The van der Waals surface area contributed by atoms with Crippen molar-refractivity contribution < 1.29 is 14.3 Å². The summed E-state index contributed by atoms with van der Waals surface area (Å²) in [5, 5.41) is 1.21. The normalized spacial score (nSPS) is 15.9. The number of nitrogens with one attached hydrogen (secondary N) is 1. The number of H-pyrrole nitrogens is 1. The van der Waals surface area contributed by atoms with E-state index in [2.05, 4.69) is 17.1 Å². The van der Waals surface area contributed by atoms with Gasteiger partial charge in [-0.2, -0.15) is 0 Å². The van der Waals surface area contributed by atoms with Crippen molar-refractivity contribution in [2.75, 3.05) is 39.3 Å². The SMILES string of the molecule is CCOC(=O)CN1CCN(CCc2c[nH]c3ccccc23)C(=O)C1. The van der Waals surface area contributed by atoms with Crippen LogP contribution in [0.3, 0.4) is 0 Å². The minimum atomic E-state index is -0.266. The fraction of sp³-hybridized carbons (Fsp3) is 0.444. The summed E-state index contributed by atoms with van der Waals surface area (Å²) in [6.07, 6.45) is 2.85. The van der Waals surface area contributed by atoms with Gasteiger partial charge in [0, 0.05) is 36.7 Å². The number of benzene rings is 1. The van der Waals surface area contributed by atoms with Gasteiger partial charge in [-0.15, -0.1) is 0 Å². The second-order valence-electron chi connectivity index (χ2n) is 6.01. The lowest BCUT2D eigenvalue weighted by Crippen LogP contribution is -2.52. The van der Waals surface area contributed by atoms with Gasteiger partial charge >= 0.3 is 5.97 Å². The van der Waals surface area contributed by atoms with E-state index in [0.29, 0.717) is 26.2 Å². The Morgan fingerprint density at radius 1 is 1.29 bits per heavy atom. The number of nitrogens with zero attached hydrogens (tertiary/aromatic N) is 2. The number of hydrogen-bond donors (Lipinski definition) is 1. The molecule has 0 aliphatic carbocycles. The number of amides is 1. The van der Waals surface area contributed by atoms with Gasteiger partial charge in [0.05, 0.1) is 19.7 Å². The summed E-state index contributed by atoms with van der Waals surface area (Å²) in [4.78, 5) is 30.8. The molecule has 2 aromatic rings. The van der Waals surface area contributed by atoms with Gasteiger partial charge in [0.1, 0.15) is 0 Å². The van der Waals surface area contributed by atoms with Gasteiger partial charge in [-0.05, 0) is 25.0 Å². The molecule has 1 aliphatic heterocycles. The Bertz CT molecular complexity index is 725. The fourth-order valence-electron chi connectivity index (χ4n) is 3.11. The number of esters is 1. The van der Waals surface area contributed by atoms with Crippen LogP contribution in [-0.2, 0) is 20.7 Å². The summed E-state index contributed by atoms with van der Waals surface area (Å²) in [5.74, 6) is -0.192. The quantitative estimate of drug-likeness (QED) is 0.814. The summed E-state index contributed by atoms with van der Waals surface area (Å²) in [7, 11) is 0. The van der Waals surface area contributed by atoms with E-state index < -0.39 is 0 Å². The first-order valence-electron chi connectivity index (χ1n) is 8.38. The highest BCUT2D eigenvalue weighted by Gasteiger charge is 2.25. The molecule has 0 bridgehead atoms. The number of rotatable bonds is 6. The van der Waals surface area contributed by atoms with Crippen LogP contribution in [0.2, 0.25) is 0 Å². The van der Waals surface area contributed by atoms with Crippen molar-refractivity contribution in [2.24, 2.45) is 0 Å². The number of hydrogen-bond acceptors (Lipinski definition) is 4. The minimum Gasteiger partial charge on any atom is -0.465 e. The lowest BCUT2D eigenvalue weighted by molar-refractivity contribution is -0.146. The van der Waals surface area contributed by atoms with Crippen LogP contribution < -0.4 is 0 Å². The molecule has 0 unspecified atom stereocenters. The highest BCUT2D eigenvalue weighted by molar-refractivity contribution is 5.83. The zero-order valence-electron chi connectivity index (χ0n) is 14.0. The van der Waals surface area contributed by atoms with E-state index in [1.807, 2.05) is 28.1 Å². The predicted molar refractivity (Wildman–Crippen MR) is 91.7 cm³/mol. The first kappa shape index (κ1) is 16.5. The van der Waals surface area contributed by atoms with Gasteiger partial charge in [0.15, 0.2) is 0 Å². The van der Waals surface area contributed by atoms with E-state index in [1.165, 1.54) is 10.9 Å². The van der Waals surface area contributed by atoms with Gasteiger partial charge < -0.3 is 14.6 Å². The van der Waals surface area contributed by atoms with E-state index in [-0.39, 0.29) is 25.0 Å². The topological polar surface area (TPSA) is 65.6 Å². The summed E-state index contributed by atoms with van der Waals surface area (Å²) >= 11 is 0. The number of aromatic amines is 1. The second-order valence-corrected chi connectivity index (χ2v) is 6.01. The van der Waals surface area contributed by atoms with Crippen molar-refractivity contribution >= 4 is 22.8 Å². The van der Waals surface area contributed by atoms with Crippen LogP contribution in [0.1, 0.15) is 12.5 Å². The zero-order chi connectivity index (χ0) is 16.9. The van der Waals surface area contributed by atoms with Gasteiger partial charge in [-0.3, -0.25) is 14.5 Å². The van der Waals surface area contributed by atoms with Gasteiger partial charge in [-0.25, -0.2) is 0 Å². The van der Waals surface area contributed by atoms with Crippen LogP contribution in [0.4, 0.5) is 0 Å². The van der Waals surface area contributed by atoms with Crippen LogP contribution in [0.5, 0.6) is 0 Å². The molecule has 0 atom stereocenters. The van der Waals surface area contributed by atoms with Crippen LogP contribution in [-0.4, -0.2) is 66.0 Å². The molecule has 6 heteroatoms. The van der Waals surface area contributed by atoms with Gasteiger partial charge in [0.2, 0.25) is 5.91 Å². The molecular weight excluding hydrogens is 306 g/mol. The average molecular weight is 329 g/mol. The molecule has 1 saturated heterocycles. The molecule has 1 aromatic heterocycles. The molecule has 1 fully saturated rings. The molecule has 1 aromatic carbocycles. The Hall–Kier alpha value is -2.34. The monoisotopic (exact) mass is 329 g/mol. The van der Waals surface area contributed by atoms with Gasteiger partial charge in [-0.1, -0.05) is 18.2 Å². The number of aromatic nitrogens is 1. The Morgan fingerprint density at radius 3 is 2.92 bits per heavy atom. The van der Waals surface area contributed by atoms with Crippen molar-refractivity contribution in [1.29, 1.82) is 0 Å². The lowest BCUT2D eigenvalue weighted by atomic mass is 10.1. The number of ether oxygens (including phenoxy) is 1. The van der Waals surface area contributed by atoms with E-state index in [9.17, 15) is 9.59 Å². The molecule has 1 N–H and O–H groups in total. The van der Waals surface area contributed by atoms with Crippen molar-refractivity contribution in [3.63, 3.8) is 0 Å². The summed E-state index contributed by atoms with van der Waals surface area (Å²) in [6, 6.07) is 8.19. The lowest BCUT2D eigenvalue weighted by Gasteiger charge is -2.33. The molecule has 0 saturated carbocycles. The number of fused-ring (bicyclic) bond motifs is 1.